The number of carbonyl (C=O) groups is 2. The second-order valence-electron chi connectivity index (χ2n) is 5.86. The van der Waals surface area contributed by atoms with Gasteiger partial charge in [-0.2, -0.15) is 13.2 Å². The molecule has 3 aromatic rings. The number of nitrogens with one attached hydrogen (secondary N) is 1. The summed E-state index contributed by atoms with van der Waals surface area (Å²) in [6, 6.07) is 9.71. The molecule has 0 unspecified atom stereocenters. The van der Waals surface area contributed by atoms with E-state index in [0.29, 0.717) is 16.5 Å². The molecule has 5 nitrogen and oxygen atoms in total. The smallest absolute Gasteiger partial charge is 0.418 e. The van der Waals surface area contributed by atoms with E-state index in [1.54, 1.807) is 25.1 Å². The van der Waals surface area contributed by atoms with Gasteiger partial charge in [0.25, 0.3) is 5.91 Å². The van der Waals surface area contributed by atoms with Gasteiger partial charge in [0, 0.05) is 15.4 Å². The normalized spacial score (nSPS) is 11.5. The summed E-state index contributed by atoms with van der Waals surface area (Å²) in [7, 11) is 0. The van der Waals surface area contributed by atoms with Gasteiger partial charge in [0.15, 0.2) is 6.61 Å². The number of para-hydroxylation sites is 1. The first kappa shape index (κ1) is 19.9. The maximum absolute atomic E-state index is 13.0. The Kier molecular flexibility index (Phi) is 5.46. The highest BCUT2D eigenvalue weighted by atomic mass is 79.9. The summed E-state index contributed by atoms with van der Waals surface area (Å²) in [5.74, 6) is -1.86. The molecule has 1 N–H and O–H groups in total. The Morgan fingerprint density at radius 1 is 1.18 bits per heavy atom. The fourth-order valence-corrected chi connectivity index (χ4v) is 2.97. The number of fused-ring (bicyclic) bond motifs is 1. The number of hydrogen-bond donors (Lipinski definition) is 1. The zero-order valence-electron chi connectivity index (χ0n) is 14.4. The number of rotatable bonds is 4. The fraction of sp³-hybridized carbons (Fsp3) is 0.158. The van der Waals surface area contributed by atoms with Crippen LogP contribution in [0, 0.1) is 6.92 Å². The Morgan fingerprint density at radius 2 is 1.89 bits per heavy atom. The van der Waals surface area contributed by atoms with Crippen molar-refractivity contribution in [1.29, 1.82) is 0 Å². The molecular weight excluding hydrogens is 443 g/mol. The average Bonchev–Trinajstić information content (AvgIpc) is 2.96. The molecule has 0 aliphatic heterocycles. The zero-order chi connectivity index (χ0) is 20.5. The summed E-state index contributed by atoms with van der Waals surface area (Å²) in [6.45, 7) is 0.902. The van der Waals surface area contributed by atoms with Crippen molar-refractivity contribution in [3.05, 3.63) is 63.8 Å². The molecular formula is C19H13BrF3NO4. The Bertz CT molecular complexity index is 1060. The van der Waals surface area contributed by atoms with Gasteiger partial charge in [0.05, 0.1) is 11.3 Å². The lowest BCUT2D eigenvalue weighted by Gasteiger charge is -2.13. The molecule has 1 heterocycles. The van der Waals surface area contributed by atoms with E-state index in [0.717, 1.165) is 16.6 Å². The molecule has 0 saturated carbocycles. The summed E-state index contributed by atoms with van der Waals surface area (Å²) in [5.41, 5.74) is -0.408. The molecule has 1 amide bonds. The third kappa shape index (κ3) is 4.19. The molecule has 9 heteroatoms. The zero-order valence-corrected chi connectivity index (χ0v) is 16.0. The van der Waals surface area contributed by atoms with Gasteiger partial charge in [0.2, 0.25) is 5.76 Å². The molecule has 0 spiro atoms. The van der Waals surface area contributed by atoms with Crippen LogP contribution in [0.4, 0.5) is 18.9 Å². The van der Waals surface area contributed by atoms with Crippen molar-refractivity contribution in [2.24, 2.45) is 0 Å². The van der Waals surface area contributed by atoms with Gasteiger partial charge < -0.3 is 14.5 Å². The number of alkyl halides is 3. The quantitative estimate of drug-likeness (QED) is 0.540. The third-order valence-electron chi connectivity index (χ3n) is 3.92. The second kappa shape index (κ2) is 7.67. The van der Waals surface area contributed by atoms with Crippen molar-refractivity contribution in [3.63, 3.8) is 0 Å². The Hall–Kier alpha value is -2.81. The molecule has 0 saturated heterocycles. The number of ether oxygens (including phenoxy) is 1. The van der Waals surface area contributed by atoms with Crippen molar-refractivity contribution in [1.82, 2.24) is 0 Å². The van der Waals surface area contributed by atoms with Gasteiger partial charge in [-0.3, -0.25) is 4.79 Å². The number of furan rings is 1. The lowest BCUT2D eigenvalue weighted by Crippen LogP contribution is -2.22. The molecule has 0 fully saturated rings. The van der Waals surface area contributed by atoms with E-state index >= 15 is 0 Å². The molecule has 2 aromatic carbocycles. The number of carbonyl (C=O) groups excluding carboxylic acids is 2. The van der Waals surface area contributed by atoms with Gasteiger partial charge in [-0.25, -0.2) is 4.79 Å². The lowest BCUT2D eigenvalue weighted by molar-refractivity contribution is -0.137. The van der Waals surface area contributed by atoms with E-state index in [4.69, 9.17) is 9.15 Å². The van der Waals surface area contributed by atoms with Gasteiger partial charge in [-0.05, 0) is 37.3 Å². The highest BCUT2D eigenvalue weighted by Crippen LogP contribution is 2.34. The van der Waals surface area contributed by atoms with Crippen LogP contribution < -0.4 is 5.32 Å². The predicted octanol–water partition coefficient (Wildman–Crippen LogP) is 5.32. The number of benzene rings is 2. The summed E-state index contributed by atoms with van der Waals surface area (Å²) >= 11 is 3.32. The van der Waals surface area contributed by atoms with Crippen LogP contribution >= 0.6 is 15.9 Å². The highest BCUT2D eigenvalue weighted by Gasteiger charge is 2.33. The number of hydrogen-bond acceptors (Lipinski definition) is 4. The van der Waals surface area contributed by atoms with Crippen LogP contribution in [-0.2, 0) is 15.7 Å². The van der Waals surface area contributed by atoms with Crippen molar-refractivity contribution < 1.29 is 31.9 Å². The first-order chi connectivity index (χ1) is 13.2. The maximum Gasteiger partial charge on any atom is 0.418 e. The third-order valence-corrected chi connectivity index (χ3v) is 4.42. The van der Waals surface area contributed by atoms with Crippen molar-refractivity contribution in [2.45, 2.75) is 13.1 Å². The SMILES string of the molecule is Cc1c(C(=O)OCC(=O)Nc2ccccc2C(F)(F)F)oc2ccc(Br)cc12. The number of amides is 1. The van der Waals surface area contributed by atoms with E-state index in [-0.39, 0.29) is 5.76 Å². The van der Waals surface area contributed by atoms with E-state index in [1.165, 1.54) is 12.1 Å². The van der Waals surface area contributed by atoms with Crippen LogP contribution in [0.15, 0.2) is 51.4 Å². The van der Waals surface area contributed by atoms with Gasteiger partial charge in [-0.15, -0.1) is 0 Å². The lowest BCUT2D eigenvalue weighted by atomic mass is 10.1. The van der Waals surface area contributed by atoms with Gasteiger partial charge >= 0.3 is 12.1 Å². The first-order valence-electron chi connectivity index (χ1n) is 7.98. The predicted molar refractivity (Wildman–Crippen MR) is 99.0 cm³/mol. The second-order valence-corrected chi connectivity index (χ2v) is 6.78. The topological polar surface area (TPSA) is 68.5 Å². The van der Waals surface area contributed by atoms with Crippen LogP contribution in [0.5, 0.6) is 0 Å². The maximum atomic E-state index is 13.0. The molecule has 1 aromatic heterocycles. The monoisotopic (exact) mass is 455 g/mol. The summed E-state index contributed by atoms with van der Waals surface area (Å²) in [6.07, 6.45) is -4.62. The van der Waals surface area contributed by atoms with Gasteiger partial charge in [-0.1, -0.05) is 28.1 Å². The first-order valence-corrected chi connectivity index (χ1v) is 8.78. The van der Waals surface area contributed by atoms with Crippen LogP contribution in [-0.4, -0.2) is 18.5 Å². The number of halogens is 4. The van der Waals surface area contributed by atoms with E-state index in [2.05, 4.69) is 21.2 Å². The molecule has 0 radical (unpaired) electrons. The van der Waals surface area contributed by atoms with Crippen LogP contribution in [0.1, 0.15) is 21.7 Å². The number of esters is 1. The van der Waals surface area contributed by atoms with E-state index in [9.17, 15) is 22.8 Å². The molecule has 146 valence electrons. The average molecular weight is 456 g/mol. The van der Waals surface area contributed by atoms with Crippen molar-refractivity contribution in [3.8, 4) is 0 Å². The van der Waals surface area contributed by atoms with E-state index in [1.807, 2.05) is 0 Å². The highest BCUT2D eigenvalue weighted by molar-refractivity contribution is 9.10. The van der Waals surface area contributed by atoms with Gasteiger partial charge in [0.1, 0.15) is 5.58 Å². The van der Waals surface area contributed by atoms with Crippen LogP contribution in [0.3, 0.4) is 0 Å². The minimum atomic E-state index is -4.62. The standard InChI is InChI=1S/C19H13BrF3NO4/c1-10-12-8-11(20)6-7-15(12)28-17(10)18(26)27-9-16(25)24-14-5-3-2-4-13(14)19(21,22)23/h2-8H,9H2,1H3,(H,24,25). The molecule has 0 bridgehead atoms. The summed E-state index contributed by atoms with van der Waals surface area (Å²) < 4.78 is 50.0. The molecule has 28 heavy (non-hydrogen) atoms. The Morgan fingerprint density at radius 3 is 2.61 bits per heavy atom. The van der Waals surface area contributed by atoms with Crippen molar-refractivity contribution >= 4 is 44.5 Å². The number of aryl methyl sites for hydroxylation is 1. The summed E-state index contributed by atoms with van der Waals surface area (Å²) in [5, 5.41) is 2.80. The minimum Gasteiger partial charge on any atom is -0.450 e. The Labute approximate surface area is 165 Å². The molecule has 3 rings (SSSR count). The van der Waals surface area contributed by atoms with Crippen LogP contribution in [0.2, 0.25) is 0 Å². The largest absolute Gasteiger partial charge is 0.450 e. The summed E-state index contributed by atoms with van der Waals surface area (Å²) in [4.78, 5) is 24.2. The molecule has 0 aliphatic rings. The van der Waals surface area contributed by atoms with E-state index < -0.39 is 35.9 Å². The number of anilines is 1. The fourth-order valence-electron chi connectivity index (χ4n) is 2.61. The van der Waals surface area contributed by atoms with Crippen molar-refractivity contribution in [2.75, 3.05) is 11.9 Å². The Balaban J connectivity index is 1.69. The molecule has 0 atom stereocenters. The molecule has 0 aliphatic carbocycles. The van der Waals surface area contributed by atoms with Crippen LogP contribution in [0.25, 0.3) is 11.0 Å². The minimum absolute atomic E-state index is 0.0726.